The predicted molar refractivity (Wildman–Crippen MR) is 80.9 cm³/mol. The van der Waals surface area contributed by atoms with Crippen molar-refractivity contribution in [2.45, 2.75) is 38.4 Å². The van der Waals surface area contributed by atoms with Crippen molar-refractivity contribution >= 4 is 23.1 Å². The number of nitrogens with two attached hydrogens (primary N) is 1. The first-order valence-electron chi connectivity index (χ1n) is 6.22. The molecule has 0 atom stereocenters. The monoisotopic (exact) mass is 252 g/mol. The highest BCUT2D eigenvalue weighted by atomic mass is 32.2. The van der Waals surface area contributed by atoms with Crippen LogP contribution in [0.25, 0.3) is 0 Å². The lowest BCUT2D eigenvalue weighted by Gasteiger charge is -2.30. The average molecular weight is 252 g/mol. The van der Waals surface area contributed by atoms with Crippen LogP contribution in [0.3, 0.4) is 0 Å². The van der Waals surface area contributed by atoms with E-state index in [1.807, 2.05) is 23.9 Å². The van der Waals surface area contributed by atoms with Crippen molar-refractivity contribution < 1.29 is 0 Å². The average Bonchev–Trinajstić information content (AvgIpc) is 2.36. The van der Waals surface area contributed by atoms with E-state index in [4.69, 9.17) is 5.73 Å². The highest BCUT2D eigenvalue weighted by Crippen LogP contribution is 2.31. The lowest BCUT2D eigenvalue weighted by molar-refractivity contribution is 0.574. The Morgan fingerprint density at radius 2 is 1.94 bits per heavy atom. The van der Waals surface area contributed by atoms with Gasteiger partial charge in [0, 0.05) is 22.7 Å². The Bertz CT molecular complexity index is 351. The zero-order valence-corrected chi connectivity index (χ0v) is 12.2. The molecule has 3 N–H and O–H groups in total. The lowest BCUT2D eigenvalue weighted by Crippen LogP contribution is -2.32. The summed E-state index contributed by atoms with van der Waals surface area (Å²) < 4.78 is 0.330. The summed E-state index contributed by atoms with van der Waals surface area (Å²) in [7, 11) is 0. The van der Waals surface area contributed by atoms with Gasteiger partial charge < -0.3 is 11.1 Å². The van der Waals surface area contributed by atoms with Crippen molar-refractivity contribution in [1.29, 1.82) is 0 Å². The van der Waals surface area contributed by atoms with Gasteiger partial charge in [-0.05, 0) is 43.7 Å². The van der Waals surface area contributed by atoms with E-state index in [2.05, 4.69) is 38.4 Å². The summed E-state index contributed by atoms with van der Waals surface area (Å²) in [5.74, 6) is 0. The van der Waals surface area contributed by atoms with Gasteiger partial charge in [-0.2, -0.15) is 11.8 Å². The van der Waals surface area contributed by atoms with Crippen LogP contribution in [0.5, 0.6) is 0 Å². The van der Waals surface area contributed by atoms with E-state index in [9.17, 15) is 0 Å². The summed E-state index contributed by atoms with van der Waals surface area (Å²) in [5.41, 5.74) is 9.08. The molecule has 0 aromatic heterocycles. The molecule has 2 nitrogen and oxygen atoms in total. The molecule has 0 radical (unpaired) electrons. The minimum Gasteiger partial charge on any atom is -0.398 e. The fourth-order valence-corrected chi connectivity index (χ4v) is 2.76. The molecule has 0 aliphatic carbocycles. The van der Waals surface area contributed by atoms with Gasteiger partial charge in [0.15, 0.2) is 0 Å². The molecule has 0 aliphatic rings. The van der Waals surface area contributed by atoms with E-state index in [0.29, 0.717) is 4.75 Å². The number of hydrogen-bond acceptors (Lipinski definition) is 3. The highest BCUT2D eigenvalue weighted by molar-refractivity contribution is 8.00. The van der Waals surface area contributed by atoms with E-state index in [1.54, 1.807) is 0 Å². The maximum absolute atomic E-state index is 5.91. The van der Waals surface area contributed by atoms with Crippen LogP contribution in [-0.4, -0.2) is 17.5 Å². The molecule has 1 rings (SSSR count). The Labute approximate surface area is 109 Å². The number of benzene rings is 1. The highest BCUT2D eigenvalue weighted by Gasteiger charge is 2.24. The van der Waals surface area contributed by atoms with Gasteiger partial charge in [0.25, 0.3) is 0 Å². The standard InChI is InChI=1S/C14H24N2S/c1-5-14(6-2,17-4)10-16-13-9-7-8-12(15)11(13)3/h7-9,16H,5-6,10,15H2,1-4H3. The molecule has 1 aromatic rings. The van der Waals surface area contributed by atoms with Crippen molar-refractivity contribution in [3.05, 3.63) is 23.8 Å². The molecule has 0 heterocycles. The van der Waals surface area contributed by atoms with Crippen LogP contribution in [0.15, 0.2) is 18.2 Å². The molecule has 1 aromatic carbocycles. The van der Waals surface area contributed by atoms with Crippen LogP contribution in [0.2, 0.25) is 0 Å². The Kier molecular flexibility index (Phi) is 5.19. The van der Waals surface area contributed by atoms with Gasteiger partial charge in [-0.25, -0.2) is 0 Å². The van der Waals surface area contributed by atoms with E-state index in [1.165, 1.54) is 12.8 Å². The smallest absolute Gasteiger partial charge is 0.0391 e. The quantitative estimate of drug-likeness (QED) is 0.754. The van der Waals surface area contributed by atoms with E-state index in [0.717, 1.165) is 23.5 Å². The van der Waals surface area contributed by atoms with Gasteiger partial charge in [-0.15, -0.1) is 0 Å². The first kappa shape index (κ1) is 14.2. The van der Waals surface area contributed by atoms with Crippen LogP contribution < -0.4 is 11.1 Å². The van der Waals surface area contributed by atoms with Crippen LogP contribution in [-0.2, 0) is 0 Å². The second-order valence-corrected chi connectivity index (χ2v) is 5.74. The first-order chi connectivity index (χ1) is 8.08. The number of rotatable bonds is 6. The van der Waals surface area contributed by atoms with E-state index >= 15 is 0 Å². The molecule has 17 heavy (non-hydrogen) atoms. The number of hydrogen-bond donors (Lipinski definition) is 2. The number of nitrogen functional groups attached to an aromatic ring is 1. The van der Waals surface area contributed by atoms with Crippen molar-refractivity contribution in [3.8, 4) is 0 Å². The fraction of sp³-hybridized carbons (Fsp3) is 0.571. The third-order valence-electron chi connectivity index (χ3n) is 3.70. The first-order valence-corrected chi connectivity index (χ1v) is 7.45. The second kappa shape index (κ2) is 6.20. The third-order valence-corrected chi connectivity index (χ3v) is 5.29. The van der Waals surface area contributed by atoms with Gasteiger partial charge in [0.2, 0.25) is 0 Å². The molecule has 0 amide bonds. The third kappa shape index (κ3) is 3.32. The van der Waals surface area contributed by atoms with Crippen molar-refractivity contribution in [2.75, 3.05) is 23.9 Å². The van der Waals surface area contributed by atoms with E-state index < -0.39 is 0 Å². The minimum absolute atomic E-state index is 0.330. The maximum atomic E-state index is 5.91. The second-order valence-electron chi connectivity index (χ2n) is 4.47. The normalized spacial score (nSPS) is 11.5. The summed E-state index contributed by atoms with van der Waals surface area (Å²) in [5, 5.41) is 3.55. The molecule has 3 heteroatoms. The van der Waals surface area contributed by atoms with Crippen molar-refractivity contribution in [3.63, 3.8) is 0 Å². The molecule has 0 bridgehead atoms. The van der Waals surface area contributed by atoms with Crippen LogP contribution in [0.4, 0.5) is 11.4 Å². The molecule has 0 fully saturated rings. The topological polar surface area (TPSA) is 38.0 Å². The molecule has 0 spiro atoms. The van der Waals surface area contributed by atoms with Crippen LogP contribution >= 0.6 is 11.8 Å². The van der Waals surface area contributed by atoms with Crippen molar-refractivity contribution in [2.24, 2.45) is 0 Å². The molecule has 0 saturated carbocycles. The Morgan fingerprint density at radius 1 is 1.29 bits per heavy atom. The van der Waals surface area contributed by atoms with Gasteiger partial charge in [0.1, 0.15) is 0 Å². The minimum atomic E-state index is 0.330. The summed E-state index contributed by atoms with van der Waals surface area (Å²) in [6.07, 6.45) is 4.55. The SMILES string of the molecule is CCC(CC)(CNc1cccc(N)c1C)SC. The summed E-state index contributed by atoms with van der Waals surface area (Å²) in [6, 6.07) is 6.05. The predicted octanol–water partition coefficient (Wildman–Crippen LogP) is 3.91. The number of nitrogens with one attached hydrogen (secondary N) is 1. The van der Waals surface area contributed by atoms with Gasteiger partial charge in [0.05, 0.1) is 0 Å². The van der Waals surface area contributed by atoms with E-state index in [-0.39, 0.29) is 0 Å². The fourth-order valence-electron chi connectivity index (χ4n) is 1.96. The molecular formula is C14H24N2S. The zero-order chi connectivity index (χ0) is 12.9. The molecule has 0 unspecified atom stereocenters. The molecule has 96 valence electrons. The summed E-state index contributed by atoms with van der Waals surface area (Å²) in [6.45, 7) is 7.57. The van der Waals surface area contributed by atoms with Crippen LogP contribution in [0.1, 0.15) is 32.3 Å². The van der Waals surface area contributed by atoms with Gasteiger partial charge >= 0.3 is 0 Å². The Hall–Kier alpha value is -0.830. The number of thioether (sulfide) groups is 1. The summed E-state index contributed by atoms with van der Waals surface area (Å²) in [4.78, 5) is 0. The molecular weight excluding hydrogens is 228 g/mol. The lowest BCUT2D eigenvalue weighted by atomic mass is 10.0. The molecule has 0 aliphatic heterocycles. The largest absolute Gasteiger partial charge is 0.398 e. The molecule has 0 saturated heterocycles. The van der Waals surface area contributed by atoms with Gasteiger partial charge in [-0.1, -0.05) is 19.9 Å². The maximum Gasteiger partial charge on any atom is 0.0391 e. The van der Waals surface area contributed by atoms with Gasteiger partial charge in [-0.3, -0.25) is 0 Å². The van der Waals surface area contributed by atoms with Crippen LogP contribution in [0, 0.1) is 6.92 Å². The Morgan fingerprint density at radius 3 is 2.47 bits per heavy atom. The van der Waals surface area contributed by atoms with Crippen molar-refractivity contribution in [1.82, 2.24) is 0 Å². The number of anilines is 2. The Balaban J connectivity index is 2.75. The zero-order valence-electron chi connectivity index (χ0n) is 11.3. The summed E-state index contributed by atoms with van der Waals surface area (Å²) >= 11 is 1.95.